The average molecular weight is 321 g/mol. The number of aryl methyl sites for hydroxylation is 1. The summed E-state index contributed by atoms with van der Waals surface area (Å²) < 4.78 is 0. The maximum absolute atomic E-state index is 12.2. The van der Waals surface area contributed by atoms with Crippen molar-refractivity contribution in [1.82, 2.24) is 0 Å². The predicted molar refractivity (Wildman–Crippen MR) is 91.0 cm³/mol. The Morgan fingerprint density at radius 3 is 2.52 bits per heavy atom. The highest BCUT2D eigenvalue weighted by molar-refractivity contribution is 8.00. The Labute approximate surface area is 133 Å². The molecule has 2 aromatic carbocycles. The third-order valence-electron chi connectivity index (χ3n) is 2.95. The van der Waals surface area contributed by atoms with E-state index < -0.39 is 0 Å². The zero-order valence-corrected chi connectivity index (χ0v) is 13.5. The van der Waals surface area contributed by atoms with E-state index in [1.54, 1.807) is 18.2 Å². The van der Waals surface area contributed by atoms with Gasteiger partial charge in [-0.25, -0.2) is 0 Å². The van der Waals surface area contributed by atoms with Crippen molar-refractivity contribution < 1.29 is 4.79 Å². The first-order valence-electron chi connectivity index (χ1n) is 6.55. The molecule has 0 aliphatic rings. The Morgan fingerprint density at radius 2 is 1.90 bits per heavy atom. The van der Waals surface area contributed by atoms with Gasteiger partial charge in [0.1, 0.15) is 0 Å². The van der Waals surface area contributed by atoms with E-state index in [4.69, 9.17) is 17.3 Å². The Kier molecular flexibility index (Phi) is 5.15. The van der Waals surface area contributed by atoms with Gasteiger partial charge in [-0.05, 0) is 44.2 Å². The molecule has 3 nitrogen and oxygen atoms in total. The SMILES string of the molecule is Cc1ccc(SC(C)C(=O)Nc2ccc(N)cc2Cl)cc1. The van der Waals surface area contributed by atoms with Crippen LogP contribution in [0.2, 0.25) is 5.02 Å². The van der Waals surface area contributed by atoms with Crippen molar-refractivity contribution in [2.24, 2.45) is 0 Å². The molecule has 1 amide bonds. The fraction of sp³-hybridized carbons (Fsp3) is 0.188. The number of nitrogens with one attached hydrogen (secondary N) is 1. The molecule has 0 radical (unpaired) electrons. The first-order chi connectivity index (χ1) is 9.95. The highest BCUT2D eigenvalue weighted by Crippen LogP contribution is 2.27. The van der Waals surface area contributed by atoms with Crippen molar-refractivity contribution in [1.29, 1.82) is 0 Å². The molecule has 0 saturated carbocycles. The number of benzene rings is 2. The Hall–Kier alpha value is -1.65. The van der Waals surface area contributed by atoms with Crippen molar-refractivity contribution in [3.8, 4) is 0 Å². The summed E-state index contributed by atoms with van der Waals surface area (Å²) in [6.07, 6.45) is 0. The van der Waals surface area contributed by atoms with Crippen molar-refractivity contribution in [3.05, 3.63) is 53.1 Å². The molecule has 0 aromatic heterocycles. The lowest BCUT2D eigenvalue weighted by Gasteiger charge is -2.13. The highest BCUT2D eigenvalue weighted by Gasteiger charge is 2.15. The number of amides is 1. The van der Waals surface area contributed by atoms with Crippen molar-refractivity contribution in [2.45, 2.75) is 24.0 Å². The van der Waals surface area contributed by atoms with Gasteiger partial charge in [0.15, 0.2) is 0 Å². The maximum atomic E-state index is 12.2. The number of anilines is 2. The van der Waals surface area contributed by atoms with Gasteiger partial charge in [0, 0.05) is 10.6 Å². The standard InChI is InChI=1S/C16H17ClN2OS/c1-10-3-6-13(7-4-10)21-11(2)16(20)19-15-8-5-12(18)9-14(15)17/h3-9,11H,18H2,1-2H3,(H,19,20). The number of rotatable bonds is 4. The number of nitrogen functional groups attached to an aromatic ring is 1. The number of carbonyl (C=O) groups is 1. The summed E-state index contributed by atoms with van der Waals surface area (Å²) >= 11 is 7.56. The molecule has 1 unspecified atom stereocenters. The lowest BCUT2D eigenvalue weighted by molar-refractivity contribution is -0.115. The Balaban J connectivity index is 2.00. The number of hydrogen-bond acceptors (Lipinski definition) is 3. The van der Waals surface area contributed by atoms with Gasteiger partial charge >= 0.3 is 0 Å². The molecule has 2 rings (SSSR count). The third kappa shape index (κ3) is 4.41. The summed E-state index contributed by atoms with van der Waals surface area (Å²) in [4.78, 5) is 13.3. The summed E-state index contributed by atoms with van der Waals surface area (Å²) in [6.45, 7) is 3.90. The van der Waals surface area contributed by atoms with Gasteiger partial charge in [0.05, 0.1) is 16.0 Å². The predicted octanol–water partition coefficient (Wildman–Crippen LogP) is 4.35. The van der Waals surface area contributed by atoms with Gasteiger partial charge < -0.3 is 11.1 Å². The van der Waals surface area contributed by atoms with E-state index in [1.807, 2.05) is 38.1 Å². The van der Waals surface area contributed by atoms with E-state index in [0.717, 1.165) is 4.90 Å². The minimum atomic E-state index is -0.221. The number of thioether (sulfide) groups is 1. The van der Waals surface area contributed by atoms with Crippen molar-refractivity contribution in [2.75, 3.05) is 11.1 Å². The first-order valence-corrected chi connectivity index (χ1v) is 7.80. The van der Waals surface area contributed by atoms with E-state index >= 15 is 0 Å². The molecule has 0 spiro atoms. The largest absolute Gasteiger partial charge is 0.399 e. The van der Waals surface area contributed by atoms with E-state index in [2.05, 4.69) is 5.32 Å². The van der Waals surface area contributed by atoms with E-state index in [-0.39, 0.29) is 11.2 Å². The molecule has 21 heavy (non-hydrogen) atoms. The number of hydrogen-bond donors (Lipinski definition) is 2. The second kappa shape index (κ2) is 6.87. The minimum absolute atomic E-state index is 0.0905. The second-order valence-corrected chi connectivity index (χ2v) is 6.62. The minimum Gasteiger partial charge on any atom is -0.399 e. The van der Waals surface area contributed by atoms with Crippen LogP contribution < -0.4 is 11.1 Å². The lowest BCUT2D eigenvalue weighted by Crippen LogP contribution is -2.22. The molecule has 0 bridgehead atoms. The number of halogens is 1. The van der Waals surface area contributed by atoms with Gasteiger partial charge in [-0.2, -0.15) is 0 Å². The van der Waals surface area contributed by atoms with E-state index in [9.17, 15) is 4.79 Å². The summed E-state index contributed by atoms with van der Waals surface area (Å²) in [7, 11) is 0. The average Bonchev–Trinajstić information content (AvgIpc) is 2.44. The topological polar surface area (TPSA) is 55.1 Å². The highest BCUT2D eigenvalue weighted by atomic mass is 35.5. The van der Waals surface area contributed by atoms with Crippen molar-refractivity contribution in [3.63, 3.8) is 0 Å². The van der Waals surface area contributed by atoms with Crippen LogP contribution in [0.25, 0.3) is 0 Å². The fourth-order valence-corrected chi connectivity index (χ4v) is 2.85. The van der Waals surface area contributed by atoms with Crippen LogP contribution in [0, 0.1) is 6.92 Å². The fourth-order valence-electron chi connectivity index (χ4n) is 1.74. The lowest BCUT2D eigenvalue weighted by atomic mass is 10.2. The molecular formula is C16H17ClN2OS. The monoisotopic (exact) mass is 320 g/mol. The number of carbonyl (C=O) groups excluding carboxylic acids is 1. The van der Waals surface area contributed by atoms with Crippen LogP contribution in [-0.2, 0) is 4.79 Å². The maximum Gasteiger partial charge on any atom is 0.237 e. The molecule has 1 atom stereocenters. The summed E-state index contributed by atoms with van der Waals surface area (Å²) in [6, 6.07) is 13.1. The summed E-state index contributed by atoms with van der Waals surface area (Å²) in [5.74, 6) is -0.0905. The molecule has 0 saturated heterocycles. The van der Waals surface area contributed by atoms with E-state index in [1.165, 1.54) is 17.3 Å². The first kappa shape index (κ1) is 15.7. The van der Waals surface area contributed by atoms with Gasteiger partial charge in [-0.15, -0.1) is 11.8 Å². The molecule has 3 N–H and O–H groups in total. The molecule has 0 heterocycles. The molecule has 5 heteroatoms. The number of nitrogens with two attached hydrogens (primary N) is 1. The molecule has 110 valence electrons. The van der Waals surface area contributed by atoms with Crippen LogP contribution in [0.4, 0.5) is 11.4 Å². The smallest absolute Gasteiger partial charge is 0.237 e. The van der Waals surface area contributed by atoms with Crippen LogP contribution in [-0.4, -0.2) is 11.2 Å². The molecule has 0 aliphatic carbocycles. The summed E-state index contributed by atoms with van der Waals surface area (Å²) in [5, 5.41) is 3.04. The molecular weight excluding hydrogens is 304 g/mol. The second-order valence-electron chi connectivity index (χ2n) is 4.80. The van der Waals surface area contributed by atoms with Crippen LogP contribution in [0.3, 0.4) is 0 Å². The Morgan fingerprint density at radius 1 is 1.24 bits per heavy atom. The van der Waals surface area contributed by atoms with Gasteiger partial charge in [-0.3, -0.25) is 4.79 Å². The van der Waals surface area contributed by atoms with Crippen LogP contribution in [0.15, 0.2) is 47.4 Å². The molecule has 0 fully saturated rings. The molecule has 2 aromatic rings. The normalized spacial score (nSPS) is 12.0. The zero-order valence-electron chi connectivity index (χ0n) is 11.9. The van der Waals surface area contributed by atoms with Crippen LogP contribution in [0.1, 0.15) is 12.5 Å². The van der Waals surface area contributed by atoms with Gasteiger partial charge in [-0.1, -0.05) is 29.3 Å². The Bertz CT molecular complexity index is 643. The van der Waals surface area contributed by atoms with Gasteiger partial charge in [0.25, 0.3) is 0 Å². The van der Waals surface area contributed by atoms with E-state index in [0.29, 0.717) is 16.4 Å². The third-order valence-corrected chi connectivity index (χ3v) is 4.38. The van der Waals surface area contributed by atoms with Crippen LogP contribution >= 0.6 is 23.4 Å². The van der Waals surface area contributed by atoms with Gasteiger partial charge in [0.2, 0.25) is 5.91 Å². The zero-order chi connectivity index (χ0) is 15.4. The quantitative estimate of drug-likeness (QED) is 0.650. The van der Waals surface area contributed by atoms with Crippen LogP contribution in [0.5, 0.6) is 0 Å². The summed E-state index contributed by atoms with van der Waals surface area (Å²) in [5.41, 5.74) is 7.98. The molecule has 0 aliphatic heterocycles. The van der Waals surface area contributed by atoms with Crippen molar-refractivity contribution >= 4 is 40.6 Å².